The Kier molecular flexibility index (Phi) is 5.01. The fourth-order valence-corrected chi connectivity index (χ4v) is 2.93. The lowest BCUT2D eigenvalue weighted by Gasteiger charge is -2.33. The smallest absolute Gasteiger partial charge is 0.404 e. The fourth-order valence-electron chi connectivity index (χ4n) is 2.43. The average Bonchev–Trinajstić information content (AvgIpc) is 2.40. The highest BCUT2D eigenvalue weighted by Crippen LogP contribution is 2.28. The zero-order valence-corrected chi connectivity index (χ0v) is 12.3. The summed E-state index contributed by atoms with van der Waals surface area (Å²) in [5.41, 5.74) is 0. The number of hydrogen-bond acceptors (Lipinski definition) is 3. The molecule has 19 heavy (non-hydrogen) atoms. The zero-order valence-electron chi connectivity index (χ0n) is 10.7. The molecule has 0 atom stereocenters. The Morgan fingerprint density at radius 1 is 1.53 bits per heavy atom. The second-order valence-electron chi connectivity index (χ2n) is 4.76. The number of aromatic nitrogens is 1. The van der Waals surface area contributed by atoms with Crippen molar-refractivity contribution in [3.63, 3.8) is 0 Å². The summed E-state index contributed by atoms with van der Waals surface area (Å²) in [5.74, 6) is 1.61. The lowest BCUT2D eigenvalue weighted by molar-refractivity contribution is 0.193. The Morgan fingerprint density at radius 3 is 2.89 bits per heavy atom. The number of carboxylic acid groups (broad SMARTS) is 1. The molecule has 6 heteroatoms. The van der Waals surface area contributed by atoms with Crippen molar-refractivity contribution >= 4 is 27.8 Å². The number of carbonyl (C=O) groups is 1. The number of nitrogens with one attached hydrogen (secondary N) is 1. The van der Waals surface area contributed by atoms with Crippen molar-refractivity contribution < 1.29 is 9.90 Å². The van der Waals surface area contributed by atoms with Crippen LogP contribution in [-0.2, 0) is 0 Å². The molecule has 0 bridgehead atoms. The second-order valence-corrected chi connectivity index (χ2v) is 5.61. The summed E-state index contributed by atoms with van der Waals surface area (Å²) in [4.78, 5) is 17.1. The summed E-state index contributed by atoms with van der Waals surface area (Å²) in [6, 6.07) is 3.92. The van der Waals surface area contributed by atoms with Gasteiger partial charge in [-0.1, -0.05) is 0 Å². The predicted octanol–water partition coefficient (Wildman–Crippen LogP) is 2.72. The molecule has 0 unspecified atom stereocenters. The molecule has 1 aromatic rings. The van der Waals surface area contributed by atoms with Crippen molar-refractivity contribution in [1.29, 1.82) is 0 Å². The van der Waals surface area contributed by atoms with E-state index in [2.05, 4.69) is 31.1 Å². The van der Waals surface area contributed by atoms with E-state index in [4.69, 9.17) is 5.11 Å². The zero-order chi connectivity index (χ0) is 13.7. The second kappa shape index (κ2) is 6.75. The van der Waals surface area contributed by atoms with Crippen molar-refractivity contribution in [2.45, 2.75) is 19.3 Å². The van der Waals surface area contributed by atoms with Crippen LogP contribution in [0.2, 0.25) is 0 Å². The van der Waals surface area contributed by atoms with E-state index in [-0.39, 0.29) is 0 Å². The summed E-state index contributed by atoms with van der Waals surface area (Å²) in [7, 11) is 0. The SMILES string of the molecule is O=C(O)NCCC1CCN(c2ncccc2Br)CC1. The topological polar surface area (TPSA) is 65.5 Å². The maximum atomic E-state index is 10.4. The van der Waals surface area contributed by atoms with Crippen molar-refractivity contribution in [3.8, 4) is 0 Å². The molecular weight excluding hydrogens is 310 g/mol. The molecule has 2 heterocycles. The number of anilines is 1. The molecule has 0 spiro atoms. The van der Waals surface area contributed by atoms with E-state index in [0.29, 0.717) is 12.5 Å². The van der Waals surface area contributed by atoms with Crippen LogP contribution in [0, 0.1) is 5.92 Å². The molecule has 0 saturated carbocycles. The van der Waals surface area contributed by atoms with Gasteiger partial charge in [-0.15, -0.1) is 0 Å². The highest BCUT2D eigenvalue weighted by Gasteiger charge is 2.21. The van der Waals surface area contributed by atoms with Crippen LogP contribution < -0.4 is 10.2 Å². The molecule has 104 valence electrons. The summed E-state index contributed by atoms with van der Waals surface area (Å²) in [6.07, 6.45) is 3.97. The lowest BCUT2D eigenvalue weighted by Crippen LogP contribution is -2.35. The fraction of sp³-hybridized carbons (Fsp3) is 0.538. The van der Waals surface area contributed by atoms with Crippen LogP contribution >= 0.6 is 15.9 Å². The largest absolute Gasteiger partial charge is 0.465 e. The van der Waals surface area contributed by atoms with E-state index in [1.807, 2.05) is 18.3 Å². The van der Waals surface area contributed by atoms with Gasteiger partial charge in [0.15, 0.2) is 0 Å². The van der Waals surface area contributed by atoms with E-state index < -0.39 is 6.09 Å². The van der Waals surface area contributed by atoms with Gasteiger partial charge >= 0.3 is 6.09 Å². The maximum Gasteiger partial charge on any atom is 0.404 e. The van der Waals surface area contributed by atoms with Gasteiger partial charge in [-0.3, -0.25) is 0 Å². The molecule has 0 radical (unpaired) electrons. The molecule has 0 aromatic carbocycles. The van der Waals surface area contributed by atoms with Crippen LogP contribution in [0.3, 0.4) is 0 Å². The highest BCUT2D eigenvalue weighted by atomic mass is 79.9. The number of hydrogen-bond donors (Lipinski definition) is 2. The van der Waals surface area contributed by atoms with Gasteiger partial charge in [0.25, 0.3) is 0 Å². The van der Waals surface area contributed by atoms with E-state index >= 15 is 0 Å². The Morgan fingerprint density at radius 2 is 2.26 bits per heavy atom. The Labute approximate surface area is 121 Å². The lowest BCUT2D eigenvalue weighted by atomic mass is 9.93. The first-order valence-electron chi connectivity index (χ1n) is 6.49. The summed E-state index contributed by atoms with van der Waals surface area (Å²) in [5, 5.41) is 11.0. The number of nitrogens with zero attached hydrogens (tertiary/aromatic N) is 2. The third-order valence-corrected chi connectivity index (χ3v) is 4.10. The standard InChI is InChI=1S/C13H18BrN3O2/c14-11-2-1-6-15-12(11)17-8-4-10(5-9-17)3-7-16-13(18)19/h1-2,6,10,16H,3-5,7-9H2,(H,18,19). The van der Waals surface area contributed by atoms with Gasteiger partial charge in [-0.25, -0.2) is 9.78 Å². The van der Waals surface area contributed by atoms with Gasteiger partial charge in [-0.2, -0.15) is 0 Å². The van der Waals surface area contributed by atoms with Gasteiger partial charge in [0.05, 0.1) is 4.47 Å². The Balaban J connectivity index is 1.79. The van der Waals surface area contributed by atoms with Crippen molar-refractivity contribution in [2.75, 3.05) is 24.5 Å². The van der Waals surface area contributed by atoms with Gasteiger partial charge in [0.1, 0.15) is 5.82 Å². The van der Waals surface area contributed by atoms with Gasteiger partial charge in [0.2, 0.25) is 0 Å². The molecule has 2 rings (SSSR count). The number of rotatable bonds is 4. The number of pyridine rings is 1. The van der Waals surface area contributed by atoms with E-state index in [0.717, 1.165) is 42.6 Å². The summed E-state index contributed by atoms with van der Waals surface area (Å²) < 4.78 is 1.03. The minimum absolute atomic E-state index is 0.549. The quantitative estimate of drug-likeness (QED) is 0.892. The van der Waals surface area contributed by atoms with Crippen molar-refractivity contribution in [3.05, 3.63) is 22.8 Å². The molecule has 1 amide bonds. The Bertz CT molecular complexity index is 434. The molecule has 1 saturated heterocycles. The molecule has 5 nitrogen and oxygen atoms in total. The van der Waals surface area contributed by atoms with Gasteiger partial charge in [0, 0.05) is 25.8 Å². The predicted molar refractivity (Wildman–Crippen MR) is 77.5 cm³/mol. The highest BCUT2D eigenvalue weighted by molar-refractivity contribution is 9.10. The molecule has 2 N–H and O–H groups in total. The molecular formula is C13H18BrN3O2. The minimum Gasteiger partial charge on any atom is -0.465 e. The molecule has 1 aliphatic heterocycles. The molecule has 1 aromatic heterocycles. The van der Waals surface area contributed by atoms with Crippen LogP contribution in [-0.4, -0.2) is 35.8 Å². The van der Waals surface area contributed by atoms with E-state index in [1.165, 1.54) is 0 Å². The first-order chi connectivity index (χ1) is 9.16. The third-order valence-electron chi connectivity index (χ3n) is 3.48. The normalized spacial score (nSPS) is 16.4. The van der Waals surface area contributed by atoms with Crippen LogP contribution in [0.1, 0.15) is 19.3 Å². The number of amides is 1. The summed E-state index contributed by atoms with van der Waals surface area (Å²) >= 11 is 3.53. The van der Waals surface area contributed by atoms with Gasteiger partial charge in [-0.05, 0) is 53.2 Å². The van der Waals surface area contributed by atoms with Crippen LogP contribution in [0.25, 0.3) is 0 Å². The Hall–Kier alpha value is -1.30. The number of halogens is 1. The van der Waals surface area contributed by atoms with E-state index in [1.54, 1.807) is 0 Å². The van der Waals surface area contributed by atoms with E-state index in [9.17, 15) is 4.79 Å². The molecule has 1 fully saturated rings. The van der Waals surface area contributed by atoms with Crippen LogP contribution in [0.4, 0.5) is 10.6 Å². The average molecular weight is 328 g/mol. The van der Waals surface area contributed by atoms with Crippen LogP contribution in [0.15, 0.2) is 22.8 Å². The summed E-state index contributed by atoms with van der Waals surface area (Å²) in [6.45, 7) is 2.51. The first-order valence-corrected chi connectivity index (χ1v) is 7.28. The minimum atomic E-state index is -0.935. The molecule has 1 aliphatic rings. The van der Waals surface area contributed by atoms with Crippen molar-refractivity contribution in [2.24, 2.45) is 5.92 Å². The monoisotopic (exact) mass is 327 g/mol. The van der Waals surface area contributed by atoms with Gasteiger partial charge < -0.3 is 15.3 Å². The first kappa shape index (κ1) is 14.1. The number of piperidine rings is 1. The third kappa shape index (κ3) is 4.09. The maximum absolute atomic E-state index is 10.4. The van der Waals surface area contributed by atoms with Crippen LogP contribution in [0.5, 0.6) is 0 Å². The van der Waals surface area contributed by atoms with Crippen molar-refractivity contribution in [1.82, 2.24) is 10.3 Å². The molecule has 0 aliphatic carbocycles.